The molecule has 30 heavy (non-hydrogen) atoms. The minimum Gasteiger partial charge on any atom is -0.464 e. The summed E-state index contributed by atoms with van der Waals surface area (Å²) in [4.78, 5) is 24.6. The number of nitrogens with two attached hydrogens (primary N) is 1. The van der Waals surface area contributed by atoms with Gasteiger partial charge in [0.1, 0.15) is 6.07 Å². The molecule has 0 bridgehead atoms. The lowest BCUT2D eigenvalue weighted by molar-refractivity contribution is 0.0593. The quantitative estimate of drug-likeness (QED) is 0.481. The number of nitrogens with one attached hydrogen (secondary N) is 1. The Labute approximate surface area is 174 Å². The second-order valence-corrected chi connectivity index (χ2v) is 6.44. The molecule has 3 N–H and O–H groups in total. The number of hydrogen-bond donors (Lipinski definition) is 2. The highest BCUT2D eigenvalue weighted by atomic mass is 35.5. The molecule has 0 fully saturated rings. The Morgan fingerprint density at radius 3 is 2.60 bits per heavy atom. The zero-order valence-corrected chi connectivity index (χ0v) is 16.1. The van der Waals surface area contributed by atoms with Gasteiger partial charge in [0, 0.05) is 17.6 Å². The summed E-state index contributed by atoms with van der Waals surface area (Å²) in [6.07, 6.45) is 1.36. The number of halogens is 3. The van der Waals surface area contributed by atoms with Crippen molar-refractivity contribution < 1.29 is 23.1 Å². The van der Waals surface area contributed by atoms with Crippen LogP contribution < -0.4 is 11.1 Å². The SMILES string of the molecule is COC(=O)c1c(N)c(C#N)cn1-c1cccc(NC(=O)c2cc(F)c(F)cc2Cl)c1. The van der Waals surface area contributed by atoms with Gasteiger partial charge in [0.05, 0.1) is 28.9 Å². The summed E-state index contributed by atoms with van der Waals surface area (Å²) in [6.45, 7) is 0. The molecular formula is C20H13ClF2N4O3. The van der Waals surface area contributed by atoms with Gasteiger partial charge in [-0.15, -0.1) is 0 Å². The molecule has 152 valence electrons. The molecule has 0 radical (unpaired) electrons. The lowest BCUT2D eigenvalue weighted by Crippen LogP contribution is -2.14. The Hall–Kier alpha value is -3.90. The molecule has 0 saturated heterocycles. The first-order valence-corrected chi connectivity index (χ1v) is 8.70. The number of nitrogen functional groups attached to an aromatic ring is 1. The highest BCUT2D eigenvalue weighted by Gasteiger charge is 2.22. The van der Waals surface area contributed by atoms with Gasteiger partial charge in [0.15, 0.2) is 17.3 Å². The minimum atomic E-state index is -1.21. The third kappa shape index (κ3) is 3.81. The smallest absolute Gasteiger partial charge is 0.357 e. The van der Waals surface area contributed by atoms with Gasteiger partial charge in [0.25, 0.3) is 5.91 Å². The molecule has 0 aliphatic carbocycles. The van der Waals surface area contributed by atoms with Crippen molar-refractivity contribution in [1.82, 2.24) is 4.57 Å². The van der Waals surface area contributed by atoms with Gasteiger partial charge < -0.3 is 20.4 Å². The molecule has 2 aromatic carbocycles. The molecule has 1 heterocycles. The van der Waals surface area contributed by atoms with Crippen molar-refractivity contribution in [2.24, 2.45) is 0 Å². The molecular weight excluding hydrogens is 418 g/mol. The number of benzene rings is 2. The predicted octanol–water partition coefficient (Wildman–Crippen LogP) is 3.90. The maximum absolute atomic E-state index is 13.5. The van der Waals surface area contributed by atoms with E-state index in [1.54, 1.807) is 12.1 Å². The number of carbonyl (C=O) groups is 2. The normalized spacial score (nSPS) is 10.4. The highest BCUT2D eigenvalue weighted by molar-refractivity contribution is 6.34. The third-order valence-corrected chi connectivity index (χ3v) is 4.49. The fourth-order valence-corrected chi connectivity index (χ4v) is 2.98. The molecule has 10 heteroatoms. The first kappa shape index (κ1) is 20.8. The van der Waals surface area contributed by atoms with Crippen molar-refractivity contribution in [3.63, 3.8) is 0 Å². The first-order chi connectivity index (χ1) is 14.3. The number of methoxy groups -OCH3 is 1. The van der Waals surface area contributed by atoms with Crippen LogP contribution in [0.4, 0.5) is 20.2 Å². The summed E-state index contributed by atoms with van der Waals surface area (Å²) >= 11 is 5.83. The van der Waals surface area contributed by atoms with E-state index in [0.29, 0.717) is 17.8 Å². The molecule has 3 rings (SSSR count). The number of esters is 1. The molecule has 0 saturated carbocycles. The second-order valence-electron chi connectivity index (χ2n) is 6.03. The zero-order valence-electron chi connectivity index (χ0n) is 15.4. The largest absolute Gasteiger partial charge is 0.464 e. The third-order valence-electron chi connectivity index (χ3n) is 4.18. The van der Waals surface area contributed by atoms with E-state index in [-0.39, 0.29) is 33.2 Å². The van der Waals surface area contributed by atoms with Crippen LogP contribution >= 0.6 is 11.6 Å². The number of nitriles is 1. The van der Waals surface area contributed by atoms with E-state index in [4.69, 9.17) is 22.1 Å². The van der Waals surface area contributed by atoms with Crippen LogP contribution in [0.25, 0.3) is 5.69 Å². The summed E-state index contributed by atoms with van der Waals surface area (Å²) in [5.41, 5.74) is 6.23. The van der Waals surface area contributed by atoms with Gasteiger partial charge in [-0.25, -0.2) is 13.6 Å². The lowest BCUT2D eigenvalue weighted by atomic mass is 10.2. The fourth-order valence-electron chi connectivity index (χ4n) is 2.75. The second kappa shape index (κ2) is 8.23. The van der Waals surface area contributed by atoms with Gasteiger partial charge in [0.2, 0.25) is 0 Å². The van der Waals surface area contributed by atoms with Gasteiger partial charge in [-0.2, -0.15) is 5.26 Å². The van der Waals surface area contributed by atoms with Crippen molar-refractivity contribution >= 4 is 34.9 Å². The number of amides is 1. The van der Waals surface area contributed by atoms with Crippen molar-refractivity contribution in [2.45, 2.75) is 0 Å². The van der Waals surface area contributed by atoms with Gasteiger partial charge in [-0.1, -0.05) is 17.7 Å². The monoisotopic (exact) mass is 430 g/mol. The van der Waals surface area contributed by atoms with Gasteiger partial charge in [-0.05, 0) is 30.3 Å². The Kier molecular flexibility index (Phi) is 5.71. The van der Waals surface area contributed by atoms with Crippen LogP contribution in [0.3, 0.4) is 0 Å². The standard InChI is InChI=1S/C20H13ClF2N4O3/c1-30-20(29)18-17(25)10(8-24)9-27(18)12-4-2-3-11(5-12)26-19(28)13-6-15(22)16(23)7-14(13)21/h2-7,9H,25H2,1H3,(H,26,28). The van der Waals surface area contributed by atoms with Crippen LogP contribution in [0.5, 0.6) is 0 Å². The Balaban J connectivity index is 1.99. The number of carbonyl (C=O) groups excluding carboxylic acids is 2. The highest BCUT2D eigenvalue weighted by Crippen LogP contribution is 2.27. The molecule has 3 aromatic rings. The predicted molar refractivity (Wildman–Crippen MR) is 106 cm³/mol. The summed E-state index contributed by atoms with van der Waals surface area (Å²) < 4.78 is 32.8. The molecule has 0 aliphatic heterocycles. The summed E-state index contributed by atoms with van der Waals surface area (Å²) in [5, 5.41) is 11.5. The molecule has 1 amide bonds. The van der Waals surface area contributed by atoms with Crippen LogP contribution in [0, 0.1) is 23.0 Å². The van der Waals surface area contributed by atoms with E-state index in [0.717, 1.165) is 0 Å². The molecule has 0 atom stereocenters. The van der Waals surface area contributed by atoms with Crippen LogP contribution in [0.2, 0.25) is 5.02 Å². The molecule has 0 spiro atoms. The van der Waals surface area contributed by atoms with Crippen LogP contribution in [-0.2, 0) is 4.74 Å². The number of aromatic nitrogens is 1. The maximum atomic E-state index is 13.5. The minimum absolute atomic E-state index is 0.0487. The van der Waals surface area contributed by atoms with Crippen molar-refractivity contribution in [3.8, 4) is 11.8 Å². The topological polar surface area (TPSA) is 110 Å². The molecule has 0 aliphatic rings. The van der Waals surface area contributed by atoms with E-state index in [2.05, 4.69) is 5.32 Å². The average molecular weight is 431 g/mol. The Morgan fingerprint density at radius 2 is 1.93 bits per heavy atom. The lowest BCUT2D eigenvalue weighted by Gasteiger charge is -2.11. The number of anilines is 2. The Morgan fingerprint density at radius 1 is 1.23 bits per heavy atom. The maximum Gasteiger partial charge on any atom is 0.357 e. The summed E-state index contributed by atoms with van der Waals surface area (Å²) in [5.74, 6) is -3.91. The number of ether oxygens (including phenoxy) is 1. The van der Waals surface area contributed by atoms with E-state index in [9.17, 15) is 23.6 Å². The van der Waals surface area contributed by atoms with Gasteiger partial charge >= 0.3 is 5.97 Å². The van der Waals surface area contributed by atoms with Crippen LogP contribution in [0.1, 0.15) is 26.4 Å². The fraction of sp³-hybridized carbons (Fsp3) is 0.0500. The van der Waals surface area contributed by atoms with E-state index < -0.39 is 23.5 Å². The van der Waals surface area contributed by atoms with Crippen molar-refractivity contribution in [2.75, 3.05) is 18.2 Å². The zero-order chi connectivity index (χ0) is 22.0. The number of hydrogen-bond acceptors (Lipinski definition) is 5. The van der Waals surface area contributed by atoms with Crippen molar-refractivity contribution in [1.29, 1.82) is 5.26 Å². The van der Waals surface area contributed by atoms with E-state index >= 15 is 0 Å². The number of rotatable bonds is 4. The summed E-state index contributed by atoms with van der Waals surface area (Å²) in [7, 11) is 1.17. The van der Waals surface area contributed by atoms with E-state index in [1.165, 1.54) is 30.0 Å². The first-order valence-electron chi connectivity index (χ1n) is 8.32. The summed E-state index contributed by atoms with van der Waals surface area (Å²) in [6, 6.07) is 9.48. The van der Waals surface area contributed by atoms with Crippen molar-refractivity contribution in [3.05, 3.63) is 76.1 Å². The number of nitrogens with zero attached hydrogens (tertiary/aromatic N) is 2. The van der Waals surface area contributed by atoms with Crippen LogP contribution in [-0.4, -0.2) is 23.6 Å². The molecule has 7 nitrogen and oxygen atoms in total. The molecule has 1 aromatic heterocycles. The van der Waals surface area contributed by atoms with E-state index in [1.807, 2.05) is 6.07 Å². The Bertz CT molecular complexity index is 1220. The van der Waals surface area contributed by atoms with Crippen LogP contribution in [0.15, 0.2) is 42.6 Å². The van der Waals surface area contributed by atoms with Gasteiger partial charge in [-0.3, -0.25) is 4.79 Å². The molecule has 0 unspecified atom stereocenters. The average Bonchev–Trinajstić information content (AvgIpc) is 3.06.